The predicted octanol–water partition coefficient (Wildman–Crippen LogP) is 0.471. The summed E-state index contributed by atoms with van der Waals surface area (Å²) in [5, 5.41) is 2.90. The molecule has 1 aliphatic carbocycles. The van der Waals surface area contributed by atoms with Crippen molar-refractivity contribution < 1.29 is 8.78 Å². The quantitative estimate of drug-likeness (QED) is 0.488. The number of rotatable bonds is 0. The van der Waals surface area contributed by atoms with Gasteiger partial charge in [0.15, 0.2) is 0 Å². The zero-order chi connectivity index (χ0) is 5.78. The van der Waals surface area contributed by atoms with Crippen LogP contribution in [0.4, 0.5) is 8.78 Å². The maximum atomic E-state index is 12.2. The average molecular weight is 119 g/mol. The first-order valence-electron chi connectivity index (χ1n) is 2.81. The van der Waals surface area contributed by atoms with Crippen molar-refractivity contribution in [2.45, 2.75) is 5.92 Å². The zero-order valence-corrected chi connectivity index (χ0v) is 4.32. The third kappa shape index (κ3) is 0.344. The number of hydrogen-bond acceptors (Lipinski definition) is 1. The van der Waals surface area contributed by atoms with Crippen LogP contribution in [0.3, 0.4) is 0 Å². The van der Waals surface area contributed by atoms with Crippen molar-refractivity contribution in [2.75, 3.05) is 13.1 Å². The Morgan fingerprint density at radius 2 is 1.75 bits per heavy atom. The highest BCUT2D eigenvalue weighted by molar-refractivity contribution is 5.11. The molecule has 46 valence electrons. The number of halogens is 2. The van der Waals surface area contributed by atoms with E-state index in [2.05, 4.69) is 5.32 Å². The summed E-state index contributed by atoms with van der Waals surface area (Å²) >= 11 is 0. The number of alkyl halides is 2. The molecule has 1 aliphatic heterocycles. The average Bonchev–Trinajstić information content (AvgIpc) is 2.22. The molecular formula is C5H7F2N. The van der Waals surface area contributed by atoms with E-state index in [1.807, 2.05) is 0 Å². The summed E-state index contributed by atoms with van der Waals surface area (Å²) < 4.78 is 24.4. The molecule has 1 saturated carbocycles. The van der Waals surface area contributed by atoms with E-state index in [0.29, 0.717) is 13.1 Å². The molecule has 1 heterocycles. The summed E-state index contributed by atoms with van der Waals surface area (Å²) in [6.07, 6.45) is 0. The number of fused-ring (bicyclic) bond motifs is 1. The lowest BCUT2D eigenvalue weighted by Crippen LogP contribution is -2.19. The van der Waals surface area contributed by atoms with Gasteiger partial charge in [-0.05, 0) is 0 Å². The maximum Gasteiger partial charge on any atom is 0.257 e. The van der Waals surface area contributed by atoms with Crippen LogP contribution >= 0.6 is 0 Å². The second-order valence-corrected chi connectivity index (χ2v) is 2.55. The van der Waals surface area contributed by atoms with Crippen molar-refractivity contribution in [1.29, 1.82) is 0 Å². The van der Waals surface area contributed by atoms with Crippen LogP contribution in [0.25, 0.3) is 0 Å². The van der Waals surface area contributed by atoms with Gasteiger partial charge in [0, 0.05) is 24.9 Å². The molecular weight excluding hydrogens is 112 g/mol. The zero-order valence-electron chi connectivity index (χ0n) is 4.32. The standard InChI is InChI=1S/C5H7F2N/c6-5(7)3-1-8-2-4(3)5/h3-4,8H,1-2H2/t3-,4+. The van der Waals surface area contributed by atoms with E-state index in [9.17, 15) is 8.78 Å². The lowest BCUT2D eigenvalue weighted by Gasteiger charge is -1.99. The molecule has 1 saturated heterocycles. The SMILES string of the molecule is FC1(F)[C@@H]2CNC[C@@H]21. The topological polar surface area (TPSA) is 12.0 Å². The van der Waals surface area contributed by atoms with Gasteiger partial charge < -0.3 is 5.32 Å². The fraction of sp³-hybridized carbons (Fsp3) is 1.00. The molecule has 0 aromatic carbocycles. The second kappa shape index (κ2) is 1.05. The van der Waals surface area contributed by atoms with E-state index in [4.69, 9.17) is 0 Å². The van der Waals surface area contributed by atoms with E-state index in [1.165, 1.54) is 0 Å². The van der Waals surface area contributed by atoms with Crippen LogP contribution in [0, 0.1) is 11.8 Å². The molecule has 2 atom stereocenters. The molecule has 0 amide bonds. The van der Waals surface area contributed by atoms with E-state index in [1.54, 1.807) is 0 Å². The highest BCUT2D eigenvalue weighted by Gasteiger charge is 2.69. The fourth-order valence-corrected chi connectivity index (χ4v) is 1.41. The minimum Gasteiger partial charge on any atom is -0.316 e. The molecule has 8 heavy (non-hydrogen) atoms. The number of piperidine rings is 1. The van der Waals surface area contributed by atoms with Gasteiger partial charge in [0.25, 0.3) is 5.92 Å². The largest absolute Gasteiger partial charge is 0.316 e. The Morgan fingerprint density at radius 1 is 1.25 bits per heavy atom. The third-order valence-electron chi connectivity index (χ3n) is 2.09. The minimum atomic E-state index is -2.30. The van der Waals surface area contributed by atoms with E-state index >= 15 is 0 Å². The molecule has 1 nitrogen and oxygen atoms in total. The third-order valence-corrected chi connectivity index (χ3v) is 2.09. The Hall–Kier alpha value is -0.180. The molecule has 0 unspecified atom stereocenters. The summed E-state index contributed by atoms with van der Waals surface area (Å²) in [7, 11) is 0. The van der Waals surface area contributed by atoms with Crippen molar-refractivity contribution in [3.05, 3.63) is 0 Å². The molecule has 0 radical (unpaired) electrons. The molecule has 2 fully saturated rings. The van der Waals surface area contributed by atoms with Crippen molar-refractivity contribution in [2.24, 2.45) is 11.8 Å². The Labute approximate surface area is 46.1 Å². The van der Waals surface area contributed by atoms with Gasteiger partial charge in [-0.15, -0.1) is 0 Å². The number of nitrogens with one attached hydrogen (secondary N) is 1. The van der Waals surface area contributed by atoms with Crippen LogP contribution in [0.15, 0.2) is 0 Å². The maximum absolute atomic E-state index is 12.2. The Bertz CT molecular complexity index is 112. The van der Waals surface area contributed by atoms with Crippen LogP contribution in [-0.4, -0.2) is 19.0 Å². The van der Waals surface area contributed by atoms with Gasteiger partial charge >= 0.3 is 0 Å². The minimum absolute atomic E-state index is 0.317. The first-order chi connectivity index (χ1) is 3.73. The van der Waals surface area contributed by atoms with Gasteiger partial charge in [0.2, 0.25) is 0 Å². The van der Waals surface area contributed by atoms with Crippen molar-refractivity contribution in [1.82, 2.24) is 5.32 Å². The molecule has 0 spiro atoms. The summed E-state index contributed by atoms with van der Waals surface area (Å²) in [6.45, 7) is 1.05. The normalized spacial score (nSPS) is 48.8. The molecule has 2 aliphatic rings. The summed E-state index contributed by atoms with van der Waals surface area (Å²) in [4.78, 5) is 0. The van der Waals surface area contributed by atoms with Crippen molar-refractivity contribution in [3.63, 3.8) is 0 Å². The molecule has 1 N–H and O–H groups in total. The Kier molecular flexibility index (Phi) is 0.615. The van der Waals surface area contributed by atoms with Crippen LogP contribution in [0.1, 0.15) is 0 Å². The molecule has 0 aromatic heterocycles. The molecule has 2 rings (SSSR count). The molecule has 3 heteroatoms. The van der Waals surface area contributed by atoms with Crippen LogP contribution in [0.2, 0.25) is 0 Å². The van der Waals surface area contributed by atoms with Gasteiger partial charge in [0.1, 0.15) is 0 Å². The first-order valence-corrected chi connectivity index (χ1v) is 2.81. The lowest BCUT2D eigenvalue weighted by atomic mass is 10.4. The molecule has 0 bridgehead atoms. The van der Waals surface area contributed by atoms with Gasteiger partial charge in [-0.25, -0.2) is 8.78 Å². The predicted molar refractivity (Wildman–Crippen MR) is 24.8 cm³/mol. The number of hydrogen-bond donors (Lipinski definition) is 1. The van der Waals surface area contributed by atoms with E-state index in [0.717, 1.165) is 0 Å². The summed E-state index contributed by atoms with van der Waals surface area (Å²) in [5.41, 5.74) is 0. The first kappa shape index (κ1) is 4.68. The van der Waals surface area contributed by atoms with Gasteiger partial charge in [-0.2, -0.15) is 0 Å². The van der Waals surface area contributed by atoms with Gasteiger partial charge in [-0.3, -0.25) is 0 Å². The smallest absolute Gasteiger partial charge is 0.257 e. The molecule has 0 aromatic rings. The van der Waals surface area contributed by atoms with E-state index < -0.39 is 5.92 Å². The van der Waals surface area contributed by atoms with Crippen LogP contribution in [-0.2, 0) is 0 Å². The highest BCUT2D eigenvalue weighted by atomic mass is 19.3. The monoisotopic (exact) mass is 119 g/mol. The van der Waals surface area contributed by atoms with Crippen molar-refractivity contribution in [3.8, 4) is 0 Å². The highest BCUT2D eigenvalue weighted by Crippen LogP contribution is 2.56. The second-order valence-electron chi connectivity index (χ2n) is 2.55. The lowest BCUT2D eigenvalue weighted by molar-refractivity contribution is 0.0763. The Morgan fingerprint density at radius 3 is 2.00 bits per heavy atom. The van der Waals surface area contributed by atoms with Crippen LogP contribution < -0.4 is 5.32 Å². The van der Waals surface area contributed by atoms with Crippen LogP contribution in [0.5, 0.6) is 0 Å². The van der Waals surface area contributed by atoms with E-state index in [-0.39, 0.29) is 11.8 Å². The van der Waals surface area contributed by atoms with Gasteiger partial charge in [-0.1, -0.05) is 0 Å². The van der Waals surface area contributed by atoms with Crippen molar-refractivity contribution >= 4 is 0 Å². The Balaban J connectivity index is 2.13. The summed E-state index contributed by atoms with van der Waals surface area (Å²) in [6, 6.07) is 0. The van der Waals surface area contributed by atoms with Gasteiger partial charge in [0.05, 0.1) is 0 Å². The fourth-order valence-electron chi connectivity index (χ4n) is 1.41. The summed E-state index contributed by atoms with van der Waals surface area (Å²) in [5.74, 6) is -2.93.